The average Bonchev–Trinajstić information content (AvgIpc) is 3.18. The quantitative estimate of drug-likeness (QED) is 0.719. The lowest BCUT2D eigenvalue weighted by Gasteiger charge is -1.84. The molecule has 0 amide bonds. The van der Waals surface area contributed by atoms with Crippen LogP contribution >= 0.6 is 0 Å². The first-order valence-electron chi connectivity index (χ1n) is 6.96. The van der Waals surface area contributed by atoms with E-state index in [1.54, 1.807) is 54.0 Å². The zero-order valence-corrected chi connectivity index (χ0v) is 13.0. The summed E-state index contributed by atoms with van der Waals surface area (Å²) in [5.41, 5.74) is 2.03. The monoisotopic (exact) mass is 304 g/mol. The van der Waals surface area contributed by atoms with Gasteiger partial charge in [-0.2, -0.15) is 0 Å². The van der Waals surface area contributed by atoms with Gasteiger partial charge in [0.05, 0.1) is 12.0 Å². The summed E-state index contributed by atoms with van der Waals surface area (Å²) in [6.07, 6.45) is 15.7. The van der Waals surface area contributed by atoms with Gasteiger partial charge >= 0.3 is 0 Å². The second-order valence-corrected chi connectivity index (χ2v) is 4.14. The highest BCUT2D eigenvalue weighted by molar-refractivity contribution is 5.44. The topological polar surface area (TPSA) is 43.6 Å². The van der Waals surface area contributed by atoms with Crippen LogP contribution in [-0.4, -0.2) is 19.5 Å². The Bertz CT molecular complexity index is 630. The van der Waals surface area contributed by atoms with E-state index in [0.29, 0.717) is 0 Å². The molecule has 0 aliphatic heterocycles. The minimum atomic E-state index is 0.924. The molecule has 0 saturated carbocycles. The highest BCUT2D eigenvalue weighted by Crippen LogP contribution is 1.95. The summed E-state index contributed by atoms with van der Waals surface area (Å²) in [7, 11) is 0. The Morgan fingerprint density at radius 3 is 1.96 bits per heavy atom. The Morgan fingerprint density at radius 1 is 0.826 bits per heavy atom. The minimum Gasteiger partial charge on any atom is -0.314 e. The largest absolute Gasteiger partial charge is 0.314 e. The van der Waals surface area contributed by atoms with Gasteiger partial charge in [-0.05, 0) is 35.9 Å². The molecule has 0 unspecified atom stereocenters. The van der Waals surface area contributed by atoms with Crippen LogP contribution in [0.3, 0.4) is 0 Å². The molecule has 0 aromatic carbocycles. The molecule has 0 atom stereocenters. The molecule has 0 fully saturated rings. The van der Waals surface area contributed by atoms with Crippen molar-refractivity contribution < 1.29 is 0 Å². The molecule has 3 aromatic rings. The molecule has 0 aliphatic carbocycles. The van der Waals surface area contributed by atoms with Crippen LogP contribution in [0.5, 0.6) is 0 Å². The maximum atomic E-state index is 3.98. The fraction of sp³-hybridized carbons (Fsp3) is 0. The van der Waals surface area contributed by atoms with Crippen LogP contribution in [0.1, 0.15) is 11.3 Å². The number of hydrogen-bond acceptors (Lipinski definition) is 3. The summed E-state index contributed by atoms with van der Waals surface area (Å²) in [5.74, 6) is 0. The summed E-state index contributed by atoms with van der Waals surface area (Å²) in [6.45, 7) is 10.7. The lowest BCUT2D eigenvalue weighted by molar-refractivity contribution is 1.14. The SMILES string of the molecule is C=Cc1ccccn1.C=Cc1ccncc1.C=Cn1ccnc1. The molecule has 0 saturated heterocycles. The summed E-state index contributed by atoms with van der Waals surface area (Å²) < 4.78 is 1.78. The molecule has 0 N–H and O–H groups in total. The van der Waals surface area contributed by atoms with Gasteiger partial charge in [-0.3, -0.25) is 9.97 Å². The van der Waals surface area contributed by atoms with E-state index >= 15 is 0 Å². The van der Waals surface area contributed by atoms with Crippen LogP contribution in [0.4, 0.5) is 0 Å². The van der Waals surface area contributed by atoms with Crippen LogP contribution in [0.2, 0.25) is 0 Å². The molecule has 4 nitrogen and oxygen atoms in total. The molecule has 0 bridgehead atoms. The molecule has 4 heteroatoms. The van der Waals surface area contributed by atoms with Gasteiger partial charge in [0.2, 0.25) is 0 Å². The zero-order valence-electron chi connectivity index (χ0n) is 13.0. The number of nitrogens with zero attached hydrogens (tertiary/aromatic N) is 4. The van der Waals surface area contributed by atoms with Crippen molar-refractivity contribution in [1.29, 1.82) is 0 Å². The van der Waals surface area contributed by atoms with Crippen molar-refractivity contribution in [3.63, 3.8) is 0 Å². The van der Waals surface area contributed by atoms with Crippen molar-refractivity contribution in [1.82, 2.24) is 19.5 Å². The van der Waals surface area contributed by atoms with E-state index in [1.807, 2.05) is 36.5 Å². The van der Waals surface area contributed by atoms with E-state index in [9.17, 15) is 0 Å². The van der Waals surface area contributed by atoms with Crippen LogP contribution in [0, 0.1) is 0 Å². The first kappa shape index (κ1) is 17.8. The normalized spacial score (nSPS) is 8.52. The number of pyridine rings is 2. The minimum absolute atomic E-state index is 0.924. The molecule has 0 spiro atoms. The van der Waals surface area contributed by atoms with Crippen LogP contribution in [-0.2, 0) is 0 Å². The van der Waals surface area contributed by atoms with E-state index in [-0.39, 0.29) is 0 Å². The molecule has 0 aliphatic rings. The Hall–Kier alpha value is -3.27. The van der Waals surface area contributed by atoms with Crippen LogP contribution < -0.4 is 0 Å². The Morgan fingerprint density at radius 2 is 1.61 bits per heavy atom. The fourth-order valence-electron chi connectivity index (χ4n) is 1.37. The third-order valence-electron chi connectivity index (χ3n) is 2.57. The molecule has 116 valence electrons. The second-order valence-electron chi connectivity index (χ2n) is 4.14. The van der Waals surface area contributed by atoms with E-state index in [4.69, 9.17) is 0 Å². The Kier molecular flexibility index (Phi) is 8.81. The third kappa shape index (κ3) is 7.92. The maximum absolute atomic E-state index is 3.98. The smallest absolute Gasteiger partial charge is 0.0986 e. The second kappa shape index (κ2) is 11.4. The Balaban J connectivity index is 0.000000173. The van der Waals surface area contributed by atoms with E-state index < -0.39 is 0 Å². The van der Waals surface area contributed by atoms with Crippen LogP contribution in [0.15, 0.2) is 87.4 Å². The van der Waals surface area contributed by atoms with Crippen molar-refractivity contribution >= 4 is 18.4 Å². The number of rotatable bonds is 3. The van der Waals surface area contributed by atoms with Crippen molar-refractivity contribution in [3.05, 3.63) is 98.6 Å². The predicted molar refractivity (Wildman–Crippen MR) is 97.3 cm³/mol. The maximum Gasteiger partial charge on any atom is 0.0986 e. The van der Waals surface area contributed by atoms with E-state index in [1.165, 1.54) is 0 Å². The Labute approximate surface area is 137 Å². The summed E-state index contributed by atoms with van der Waals surface area (Å²) in [5, 5.41) is 0. The van der Waals surface area contributed by atoms with Gasteiger partial charge in [-0.15, -0.1) is 0 Å². The molecule has 23 heavy (non-hydrogen) atoms. The van der Waals surface area contributed by atoms with E-state index in [2.05, 4.69) is 34.7 Å². The molecular weight excluding hydrogens is 284 g/mol. The van der Waals surface area contributed by atoms with Gasteiger partial charge in [0.25, 0.3) is 0 Å². The van der Waals surface area contributed by atoms with Gasteiger partial charge in [-0.25, -0.2) is 4.98 Å². The van der Waals surface area contributed by atoms with Crippen molar-refractivity contribution in [2.45, 2.75) is 0 Å². The summed E-state index contributed by atoms with van der Waals surface area (Å²) in [4.78, 5) is 11.6. The lowest BCUT2D eigenvalue weighted by atomic mass is 10.3. The molecule has 0 radical (unpaired) electrons. The van der Waals surface area contributed by atoms with Gasteiger partial charge in [0.1, 0.15) is 0 Å². The highest BCUT2D eigenvalue weighted by Gasteiger charge is 1.78. The van der Waals surface area contributed by atoms with Crippen molar-refractivity contribution in [2.24, 2.45) is 0 Å². The molecule has 3 heterocycles. The number of aromatic nitrogens is 4. The number of hydrogen-bond donors (Lipinski definition) is 0. The number of imidazole rings is 1. The van der Waals surface area contributed by atoms with Gasteiger partial charge in [0.15, 0.2) is 0 Å². The lowest BCUT2D eigenvalue weighted by Crippen LogP contribution is -1.73. The van der Waals surface area contributed by atoms with Crippen LogP contribution in [0.25, 0.3) is 18.4 Å². The van der Waals surface area contributed by atoms with E-state index in [0.717, 1.165) is 11.3 Å². The summed E-state index contributed by atoms with van der Waals surface area (Å²) >= 11 is 0. The third-order valence-corrected chi connectivity index (χ3v) is 2.57. The van der Waals surface area contributed by atoms with Gasteiger partial charge < -0.3 is 4.57 Å². The zero-order chi connectivity index (χ0) is 16.8. The first-order valence-corrected chi connectivity index (χ1v) is 6.96. The molecule has 3 aromatic heterocycles. The first-order chi connectivity index (χ1) is 11.3. The fourth-order valence-corrected chi connectivity index (χ4v) is 1.37. The standard InChI is InChI=1S/2C7H7N.C5H6N2/c1-2-7-3-5-8-6-4-7;1-2-7-5-3-4-6-8-7;1-2-7-4-3-6-5-7/h2*2-6H,1H2;2-5H,1H2. The van der Waals surface area contributed by atoms with Gasteiger partial charge in [-0.1, -0.05) is 31.9 Å². The van der Waals surface area contributed by atoms with Crippen molar-refractivity contribution in [2.75, 3.05) is 0 Å². The highest BCUT2D eigenvalue weighted by atomic mass is 15.0. The molecular formula is C19H20N4. The predicted octanol–water partition coefficient (Wildman–Crippen LogP) is 4.43. The summed E-state index contributed by atoms with van der Waals surface area (Å²) in [6, 6.07) is 9.55. The average molecular weight is 304 g/mol. The van der Waals surface area contributed by atoms with Gasteiger partial charge in [0, 0.05) is 37.2 Å². The van der Waals surface area contributed by atoms with Crippen molar-refractivity contribution in [3.8, 4) is 0 Å². The molecule has 3 rings (SSSR count).